The van der Waals surface area contributed by atoms with E-state index in [2.05, 4.69) is 11.9 Å². The number of aliphatic hydroxyl groups excluding tert-OH is 1. The number of hydrogen-bond donors (Lipinski definition) is 2. The molecule has 1 aliphatic heterocycles. The molecule has 1 unspecified atom stereocenters. The zero-order valence-electron chi connectivity index (χ0n) is 15.6. The van der Waals surface area contributed by atoms with Gasteiger partial charge in [0.25, 0.3) is 5.91 Å². The molecule has 1 atom stereocenters. The van der Waals surface area contributed by atoms with E-state index in [1.54, 1.807) is 4.90 Å². The Balaban J connectivity index is 2.11. The minimum absolute atomic E-state index is 0.153. The molecule has 1 aromatic carbocycles. The summed E-state index contributed by atoms with van der Waals surface area (Å²) in [5.41, 5.74) is 2.05. The quantitative estimate of drug-likeness (QED) is 0.779. The number of para-hydroxylation sites is 1. The number of amides is 1. The zero-order valence-corrected chi connectivity index (χ0v) is 15.6. The molecule has 1 amide bonds. The Morgan fingerprint density at radius 3 is 2.73 bits per heavy atom. The van der Waals surface area contributed by atoms with E-state index in [0.29, 0.717) is 13.0 Å². The molecule has 5 heteroatoms. The molecule has 0 fully saturated rings. The molecule has 0 bridgehead atoms. The SMILES string of the molecule is CCCCN1C(=O)C(O)=C(C(=O)CC(C)C)C1c1c[nH]c2ccccc12. The highest BCUT2D eigenvalue weighted by atomic mass is 16.3. The second kappa shape index (κ2) is 7.36. The molecule has 2 aromatic rings. The van der Waals surface area contributed by atoms with Gasteiger partial charge in [0.1, 0.15) is 0 Å². The van der Waals surface area contributed by atoms with Crippen LogP contribution in [0.5, 0.6) is 0 Å². The summed E-state index contributed by atoms with van der Waals surface area (Å²) in [7, 11) is 0. The van der Waals surface area contributed by atoms with Gasteiger partial charge in [-0.3, -0.25) is 9.59 Å². The molecule has 0 aliphatic carbocycles. The van der Waals surface area contributed by atoms with Crippen LogP contribution in [0.1, 0.15) is 51.6 Å². The lowest BCUT2D eigenvalue weighted by Gasteiger charge is -2.26. The number of H-pyrrole nitrogens is 1. The molecule has 2 N–H and O–H groups in total. The topological polar surface area (TPSA) is 73.4 Å². The van der Waals surface area contributed by atoms with Gasteiger partial charge in [0, 0.05) is 35.6 Å². The number of carbonyl (C=O) groups excluding carboxylic acids is 2. The summed E-state index contributed by atoms with van der Waals surface area (Å²) >= 11 is 0. The first-order chi connectivity index (χ1) is 12.5. The van der Waals surface area contributed by atoms with E-state index in [4.69, 9.17) is 0 Å². The number of rotatable bonds is 7. The molecular weight excluding hydrogens is 328 g/mol. The van der Waals surface area contributed by atoms with Gasteiger partial charge in [0.15, 0.2) is 11.5 Å². The molecule has 26 heavy (non-hydrogen) atoms. The van der Waals surface area contributed by atoms with Crippen molar-refractivity contribution < 1.29 is 14.7 Å². The van der Waals surface area contributed by atoms with Gasteiger partial charge < -0.3 is 15.0 Å². The van der Waals surface area contributed by atoms with Crippen LogP contribution < -0.4 is 0 Å². The highest BCUT2D eigenvalue weighted by Crippen LogP contribution is 2.41. The zero-order chi connectivity index (χ0) is 18.8. The third-order valence-electron chi connectivity index (χ3n) is 4.87. The van der Waals surface area contributed by atoms with Crippen molar-refractivity contribution >= 4 is 22.6 Å². The average Bonchev–Trinajstić information content (AvgIpc) is 3.12. The second-order valence-electron chi connectivity index (χ2n) is 7.33. The van der Waals surface area contributed by atoms with Crippen molar-refractivity contribution in [3.05, 3.63) is 47.4 Å². The summed E-state index contributed by atoms with van der Waals surface area (Å²) in [4.78, 5) is 30.4. The first kappa shape index (κ1) is 18.2. The van der Waals surface area contributed by atoms with Gasteiger partial charge >= 0.3 is 0 Å². The Bertz CT molecular complexity index is 863. The molecule has 138 valence electrons. The monoisotopic (exact) mass is 354 g/mol. The normalized spacial score (nSPS) is 17.8. The van der Waals surface area contributed by atoms with Gasteiger partial charge in [-0.15, -0.1) is 0 Å². The van der Waals surface area contributed by atoms with Crippen LogP contribution in [0.15, 0.2) is 41.8 Å². The number of nitrogens with zero attached hydrogens (tertiary/aromatic N) is 1. The molecule has 1 aromatic heterocycles. The van der Waals surface area contributed by atoms with E-state index in [1.165, 1.54) is 0 Å². The molecule has 5 nitrogen and oxygen atoms in total. The van der Waals surface area contributed by atoms with Crippen LogP contribution in [0.4, 0.5) is 0 Å². The molecule has 0 saturated carbocycles. The Morgan fingerprint density at radius 1 is 1.31 bits per heavy atom. The summed E-state index contributed by atoms with van der Waals surface area (Å²) < 4.78 is 0. The lowest BCUT2D eigenvalue weighted by atomic mass is 9.92. The van der Waals surface area contributed by atoms with Crippen molar-refractivity contribution in [2.45, 2.75) is 46.1 Å². The van der Waals surface area contributed by atoms with Gasteiger partial charge in [0.05, 0.1) is 11.6 Å². The van der Waals surface area contributed by atoms with Crippen molar-refractivity contribution in [3.63, 3.8) is 0 Å². The van der Waals surface area contributed by atoms with Gasteiger partial charge in [-0.05, 0) is 18.4 Å². The molecule has 0 saturated heterocycles. The number of ketones is 1. The third-order valence-corrected chi connectivity index (χ3v) is 4.87. The number of aromatic nitrogens is 1. The second-order valence-corrected chi connectivity index (χ2v) is 7.33. The van der Waals surface area contributed by atoms with Crippen molar-refractivity contribution in [2.75, 3.05) is 6.54 Å². The van der Waals surface area contributed by atoms with Crippen molar-refractivity contribution in [1.82, 2.24) is 9.88 Å². The van der Waals surface area contributed by atoms with E-state index in [0.717, 1.165) is 29.3 Å². The van der Waals surface area contributed by atoms with Crippen LogP contribution in [0.3, 0.4) is 0 Å². The molecule has 0 spiro atoms. The number of fused-ring (bicyclic) bond motifs is 1. The summed E-state index contributed by atoms with van der Waals surface area (Å²) in [5, 5.41) is 11.5. The average molecular weight is 354 g/mol. The minimum Gasteiger partial charge on any atom is -0.503 e. The molecule has 1 aliphatic rings. The lowest BCUT2D eigenvalue weighted by molar-refractivity contribution is -0.129. The summed E-state index contributed by atoms with van der Waals surface area (Å²) in [6, 6.07) is 7.28. The maximum atomic E-state index is 12.9. The van der Waals surface area contributed by atoms with Crippen LogP contribution >= 0.6 is 0 Å². The first-order valence-electron chi connectivity index (χ1n) is 9.29. The van der Waals surface area contributed by atoms with Gasteiger partial charge in [-0.2, -0.15) is 0 Å². The van der Waals surface area contributed by atoms with Gasteiger partial charge in [0.2, 0.25) is 0 Å². The Hall–Kier alpha value is -2.56. The molecule has 3 rings (SSSR count). The number of aromatic amines is 1. The van der Waals surface area contributed by atoms with E-state index in [9.17, 15) is 14.7 Å². The predicted octanol–water partition coefficient (Wildman–Crippen LogP) is 4.28. The Labute approximate surface area is 153 Å². The number of carbonyl (C=O) groups is 2. The van der Waals surface area contributed by atoms with Crippen LogP contribution in [-0.4, -0.2) is 33.2 Å². The van der Waals surface area contributed by atoms with E-state index < -0.39 is 11.9 Å². The van der Waals surface area contributed by atoms with E-state index in [1.807, 2.05) is 44.3 Å². The van der Waals surface area contributed by atoms with E-state index >= 15 is 0 Å². The van der Waals surface area contributed by atoms with Crippen LogP contribution in [0.2, 0.25) is 0 Å². The summed E-state index contributed by atoms with van der Waals surface area (Å²) in [6.07, 6.45) is 3.92. The van der Waals surface area contributed by atoms with Crippen molar-refractivity contribution in [3.8, 4) is 0 Å². The fourth-order valence-electron chi connectivity index (χ4n) is 3.62. The number of Topliss-reactive ketones (excluding diaryl/α,β-unsaturated/α-hetero) is 1. The summed E-state index contributed by atoms with van der Waals surface area (Å²) in [5.74, 6) is -0.825. The number of aliphatic hydroxyl groups is 1. The Morgan fingerprint density at radius 2 is 2.04 bits per heavy atom. The fourth-order valence-corrected chi connectivity index (χ4v) is 3.62. The third kappa shape index (κ3) is 3.14. The highest BCUT2D eigenvalue weighted by Gasteiger charge is 2.43. The molecular formula is C21H26N2O3. The first-order valence-corrected chi connectivity index (χ1v) is 9.29. The smallest absolute Gasteiger partial charge is 0.290 e. The number of hydrogen-bond acceptors (Lipinski definition) is 3. The van der Waals surface area contributed by atoms with Crippen LogP contribution in [0.25, 0.3) is 10.9 Å². The minimum atomic E-state index is -0.531. The fraction of sp³-hybridized carbons (Fsp3) is 0.429. The standard InChI is InChI=1S/C21H26N2O3/c1-4-5-10-23-19(15-12-22-16-9-7-6-8-14(15)16)18(20(25)21(23)26)17(24)11-13(2)3/h6-9,12-13,19,22,25H,4-5,10-11H2,1-3H3. The maximum Gasteiger partial charge on any atom is 0.290 e. The van der Waals surface area contributed by atoms with Gasteiger partial charge in [-0.1, -0.05) is 45.4 Å². The van der Waals surface area contributed by atoms with Crippen molar-refractivity contribution in [2.24, 2.45) is 5.92 Å². The van der Waals surface area contributed by atoms with Gasteiger partial charge in [-0.25, -0.2) is 0 Å². The maximum absolute atomic E-state index is 12.9. The highest BCUT2D eigenvalue weighted by molar-refractivity contribution is 6.09. The van der Waals surface area contributed by atoms with Crippen LogP contribution in [0, 0.1) is 5.92 Å². The van der Waals surface area contributed by atoms with Crippen LogP contribution in [-0.2, 0) is 9.59 Å². The molecule has 0 radical (unpaired) electrons. The number of unbranched alkanes of at least 4 members (excludes halogenated alkanes) is 1. The largest absolute Gasteiger partial charge is 0.503 e. The van der Waals surface area contributed by atoms with Crippen molar-refractivity contribution in [1.29, 1.82) is 0 Å². The lowest BCUT2D eigenvalue weighted by Crippen LogP contribution is -2.32. The number of benzene rings is 1. The molecule has 2 heterocycles. The number of nitrogens with one attached hydrogen (secondary N) is 1. The van der Waals surface area contributed by atoms with E-state index in [-0.39, 0.29) is 23.0 Å². The summed E-state index contributed by atoms with van der Waals surface area (Å²) in [6.45, 7) is 6.49. The predicted molar refractivity (Wildman–Crippen MR) is 102 cm³/mol. The Kier molecular flexibility index (Phi) is 5.16.